The summed E-state index contributed by atoms with van der Waals surface area (Å²) < 4.78 is 32.0. The highest BCUT2D eigenvalue weighted by Gasteiger charge is 2.10. The van der Waals surface area contributed by atoms with Gasteiger partial charge in [0, 0.05) is 18.2 Å². The van der Waals surface area contributed by atoms with Gasteiger partial charge in [-0.25, -0.2) is 8.78 Å². The minimum Gasteiger partial charge on any atom is -0.481 e. The van der Waals surface area contributed by atoms with E-state index in [1.165, 1.54) is 0 Å². The molecule has 0 spiro atoms. The van der Waals surface area contributed by atoms with Gasteiger partial charge in [-0.05, 0) is 12.1 Å². The molecule has 0 heterocycles. The summed E-state index contributed by atoms with van der Waals surface area (Å²) in [6, 6.07) is 9.02. The summed E-state index contributed by atoms with van der Waals surface area (Å²) in [7, 11) is 0. The van der Waals surface area contributed by atoms with E-state index in [0.717, 1.165) is 17.7 Å². The van der Waals surface area contributed by atoms with E-state index < -0.39 is 11.6 Å². The van der Waals surface area contributed by atoms with E-state index in [0.29, 0.717) is 5.75 Å². The molecule has 0 aromatic heterocycles. The predicted molar refractivity (Wildman–Crippen MR) is 79.5 cm³/mol. The fourth-order valence-electron chi connectivity index (χ4n) is 1.80. The Hall–Kier alpha value is -2.25. The molecule has 2 aromatic carbocycles. The minimum absolute atomic E-state index is 0.0190. The quantitative estimate of drug-likeness (QED) is 0.834. The Labute approximate surface area is 126 Å². The van der Waals surface area contributed by atoms with E-state index in [2.05, 4.69) is 11.2 Å². The van der Waals surface area contributed by atoms with Gasteiger partial charge in [0.1, 0.15) is 18.2 Å². The molecule has 0 fully saturated rings. The molecule has 2 aromatic rings. The van der Waals surface area contributed by atoms with E-state index in [4.69, 9.17) is 22.8 Å². The van der Waals surface area contributed by atoms with Gasteiger partial charge in [-0.1, -0.05) is 35.7 Å². The molecule has 0 atom stereocenters. The van der Waals surface area contributed by atoms with Crippen molar-refractivity contribution in [1.82, 2.24) is 0 Å². The number of halogens is 3. The first-order valence-corrected chi connectivity index (χ1v) is 6.52. The van der Waals surface area contributed by atoms with Crippen LogP contribution in [0.4, 0.5) is 14.5 Å². The summed E-state index contributed by atoms with van der Waals surface area (Å²) >= 11 is 5.82. The van der Waals surface area contributed by atoms with Crippen molar-refractivity contribution in [2.45, 2.75) is 6.54 Å². The van der Waals surface area contributed by atoms with E-state index in [1.54, 1.807) is 12.1 Å². The largest absolute Gasteiger partial charge is 0.481 e. The summed E-state index contributed by atoms with van der Waals surface area (Å²) in [5, 5.41) is 2.82. The molecule has 0 amide bonds. The van der Waals surface area contributed by atoms with Crippen molar-refractivity contribution in [3.63, 3.8) is 0 Å². The van der Waals surface area contributed by atoms with Crippen LogP contribution in [0, 0.1) is 24.0 Å². The molecule has 0 aliphatic carbocycles. The molecule has 0 saturated heterocycles. The number of ether oxygens (including phenoxy) is 1. The molecule has 0 aliphatic rings. The van der Waals surface area contributed by atoms with Gasteiger partial charge in [0.25, 0.3) is 0 Å². The maximum Gasteiger partial charge on any atom is 0.150 e. The number of para-hydroxylation sites is 1. The Morgan fingerprint density at radius 2 is 2.00 bits per heavy atom. The van der Waals surface area contributed by atoms with E-state index >= 15 is 0 Å². The lowest BCUT2D eigenvalue weighted by Crippen LogP contribution is -2.05. The van der Waals surface area contributed by atoms with Crippen molar-refractivity contribution in [3.05, 3.63) is 58.6 Å². The maximum atomic E-state index is 13.7. The summed E-state index contributed by atoms with van der Waals surface area (Å²) in [5.41, 5.74) is 0.831. The Kier molecular flexibility index (Phi) is 5.02. The van der Waals surface area contributed by atoms with E-state index in [-0.39, 0.29) is 23.9 Å². The maximum absolute atomic E-state index is 13.7. The highest BCUT2D eigenvalue weighted by atomic mass is 35.5. The lowest BCUT2D eigenvalue weighted by Gasteiger charge is -2.13. The first kappa shape index (κ1) is 15.1. The van der Waals surface area contributed by atoms with Crippen molar-refractivity contribution in [3.8, 4) is 18.1 Å². The van der Waals surface area contributed by atoms with Gasteiger partial charge in [-0.2, -0.15) is 0 Å². The van der Waals surface area contributed by atoms with Crippen molar-refractivity contribution >= 4 is 17.3 Å². The van der Waals surface area contributed by atoms with Gasteiger partial charge < -0.3 is 10.1 Å². The number of hydrogen-bond donors (Lipinski definition) is 1. The van der Waals surface area contributed by atoms with Gasteiger partial charge in [0.15, 0.2) is 5.82 Å². The zero-order valence-corrected chi connectivity index (χ0v) is 11.8. The first-order chi connectivity index (χ1) is 10.1. The number of nitrogens with one attached hydrogen (secondary N) is 1. The van der Waals surface area contributed by atoms with Gasteiger partial charge >= 0.3 is 0 Å². The van der Waals surface area contributed by atoms with Crippen LogP contribution >= 0.6 is 11.6 Å². The first-order valence-electron chi connectivity index (χ1n) is 6.14. The van der Waals surface area contributed by atoms with Gasteiger partial charge in [-0.15, -0.1) is 6.42 Å². The Balaban J connectivity index is 2.16. The zero-order chi connectivity index (χ0) is 15.2. The van der Waals surface area contributed by atoms with Crippen molar-refractivity contribution in [1.29, 1.82) is 0 Å². The molecule has 1 N–H and O–H groups in total. The molecule has 2 rings (SSSR count). The highest BCUT2D eigenvalue weighted by Crippen LogP contribution is 2.28. The molecule has 0 bridgehead atoms. The second-order valence-corrected chi connectivity index (χ2v) is 4.61. The smallest absolute Gasteiger partial charge is 0.150 e. The summed E-state index contributed by atoms with van der Waals surface area (Å²) in [6.45, 7) is 0.408. The molecule has 108 valence electrons. The third-order valence-corrected chi connectivity index (χ3v) is 3.04. The summed E-state index contributed by atoms with van der Waals surface area (Å²) in [6.07, 6.45) is 5.15. The Bertz CT molecular complexity index is 659. The van der Waals surface area contributed by atoms with Crippen LogP contribution in [-0.4, -0.2) is 6.61 Å². The SMILES string of the molecule is C#CCOc1ccccc1CNc1c(F)cc(F)cc1Cl. The van der Waals surface area contributed by atoms with Crippen molar-refractivity contribution in [2.24, 2.45) is 0 Å². The van der Waals surface area contributed by atoms with Crippen LogP contribution in [-0.2, 0) is 6.54 Å². The second-order valence-electron chi connectivity index (χ2n) is 4.20. The fourth-order valence-corrected chi connectivity index (χ4v) is 2.07. The second kappa shape index (κ2) is 6.96. The number of anilines is 1. The molecular formula is C16H12ClF2NO. The molecule has 0 saturated carbocycles. The molecular weight excluding hydrogens is 296 g/mol. The van der Waals surface area contributed by atoms with Crippen LogP contribution in [0.1, 0.15) is 5.56 Å². The van der Waals surface area contributed by atoms with Crippen molar-refractivity contribution in [2.75, 3.05) is 11.9 Å². The molecule has 0 unspecified atom stereocenters. The molecule has 21 heavy (non-hydrogen) atoms. The van der Waals surface area contributed by atoms with Crippen LogP contribution in [0.25, 0.3) is 0 Å². The minimum atomic E-state index is -0.748. The van der Waals surface area contributed by atoms with Gasteiger partial charge in [0.05, 0.1) is 10.7 Å². The third kappa shape index (κ3) is 3.87. The van der Waals surface area contributed by atoms with E-state index in [9.17, 15) is 8.78 Å². The zero-order valence-electron chi connectivity index (χ0n) is 11.0. The lowest BCUT2D eigenvalue weighted by molar-refractivity contribution is 0.366. The van der Waals surface area contributed by atoms with Gasteiger partial charge in [-0.3, -0.25) is 0 Å². The summed E-state index contributed by atoms with van der Waals surface area (Å²) in [5.74, 6) is 1.51. The lowest BCUT2D eigenvalue weighted by atomic mass is 10.2. The van der Waals surface area contributed by atoms with Crippen LogP contribution < -0.4 is 10.1 Å². The number of rotatable bonds is 5. The van der Waals surface area contributed by atoms with Gasteiger partial charge in [0.2, 0.25) is 0 Å². The fraction of sp³-hybridized carbons (Fsp3) is 0.125. The highest BCUT2D eigenvalue weighted by molar-refractivity contribution is 6.33. The topological polar surface area (TPSA) is 21.3 Å². The van der Waals surface area contributed by atoms with Crippen molar-refractivity contribution < 1.29 is 13.5 Å². The standard InChI is InChI=1S/C16H12ClF2NO/c1-2-7-21-15-6-4-3-5-11(15)10-20-16-13(17)8-12(18)9-14(16)19/h1,3-6,8-9,20H,7,10H2. The number of benzene rings is 2. The normalized spacial score (nSPS) is 10.0. The monoisotopic (exact) mass is 307 g/mol. The average molecular weight is 308 g/mol. The van der Waals surface area contributed by atoms with Crippen LogP contribution in [0.2, 0.25) is 5.02 Å². The van der Waals surface area contributed by atoms with Crippen LogP contribution in [0.3, 0.4) is 0 Å². The summed E-state index contributed by atoms with van der Waals surface area (Å²) in [4.78, 5) is 0. The average Bonchev–Trinajstić information content (AvgIpc) is 2.45. The Morgan fingerprint density at radius 1 is 1.24 bits per heavy atom. The Morgan fingerprint density at radius 3 is 2.71 bits per heavy atom. The molecule has 2 nitrogen and oxygen atoms in total. The number of terminal acetylenes is 1. The molecule has 5 heteroatoms. The van der Waals surface area contributed by atoms with Crippen LogP contribution in [0.15, 0.2) is 36.4 Å². The number of hydrogen-bond acceptors (Lipinski definition) is 2. The van der Waals surface area contributed by atoms with E-state index in [1.807, 2.05) is 12.1 Å². The molecule has 0 aliphatic heterocycles. The predicted octanol–water partition coefficient (Wildman–Crippen LogP) is 4.24. The molecule has 0 radical (unpaired) electrons. The van der Waals surface area contributed by atoms with Crippen LogP contribution in [0.5, 0.6) is 5.75 Å². The third-order valence-electron chi connectivity index (χ3n) is 2.75.